The molecule has 4 N–H and O–H groups in total. The molecule has 2 atom stereocenters. The molecule has 8 nitrogen and oxygen atoms in total. The lowest BCUT2D eigenvalue weighted by Crippen LogP contribution is -2.44. The number of anilines is 2. The Kier molecular flexibility index (Phi) is 8.09. The van der Waals surface area contributed by atoms with Crippen molar-refractivity contribution in [2.75, 3.05) is 23.9 Å². The molecule has 0 unspecified atom stereocenters. The van der Waals surface area contributed by atoms with Gasteiger partial charge in [-0.2, -0.15) is 14.0 Å². The number of nitrogens with one attached hydrogen (secondary N) is 4. The highest BCUT2D eigenvalue weighted by molar-refractivity contribution is 6.35. The van der Waals surface area contributed by atoms with E-state index >= 15 is 4.39 Å². The zero-order valence-electron chi connectivity index (χ0n) is 22.3. The number of nitriles is 1. The van der Waals surface area contributed by atoms with Crippen LogP contribution in [0.2, 0.25) is 5.02 Å². The van der Waals surface area contributed by atoms with Gasteiger partial charge in [0.1, 0.15) is 18.4 Å². The summed E-state index contributed by atoms with van der Waals surface area (Å²) in [4.78, 5) is 8.28. The molecule has 3 aromatic rings. The van der Waals surface area contributed by atoms with E-state index in [1.165, 1.54) is 25.3 Å². The van der Waals surface area contributed by atoms with Crippen LogP contribution in [0.5, 0.6) is 0 Å². The summed E-state index contributed by atoms with van der Waals surface area (Å²) in [5.74, 6) is -1.40. The van der Waals surface area contributed by atoms with Crippen LogP contribution >= 0.6 is 11.6 Å². The van der Waals surface area contributed by atoms with Gasteiger partial charge < -0.3 is 16.1 Å². The molecular formula is C27H30ClF3N8. The summed E-state index contributed by atoms with van der Waals surface area (Å²) in [6.07, 6.45) is 1.47. The molecule has 39 heavy (non-hydrogen) atoms. The van der Waals surface area contributed by atoms with Gasteiger partial charge in [0, 0.05) is 35.1 Å². The minimum Gasteiger partial charge on any atom is -0.383 e. The predicted molar refractivity (Wildman–Crippen MR) is 146 cm³/mol. The number of fused-ring (bicyclic) bond motifs is 1. The Balaban J connectivity index is 1.84. The number of aryl methyl sites for hydroxylation is 1. The highest BCUT2D eigenvalue weighted by Crippen LogP contribution is 2.37. The number of hydrogen-bond acceptors (Lipinski definition) is 8. The van der Waals surface area contributed by atoms with Gasteiger partial charge in [-0.05, 0) is 37.5 Å². The predicted octanol–water partition coefficient (Wildman–Crippen LogP) is 6.04. The number of rotatable bonds is 8. The van der Waals surface area contributed by atoms with Gasteiger partial charge in [-0.1, -0.05) is 38.4 Å². The van der Waals surface area contributed by atoms with Crippen LogP contribution in [0.3, 0.4) is 0 Å². The lowest BCUT2D eigenvalue weighted by Gasteiger charge is -2.24. The Morgan fingerprint density at radius 3 is 2.62 bits per heavy atom. The number of nitrogens with zero attached hydrogens (tertiary/aromatic N) is 4. The zero-order valence-corrected chi connectivity index (χ0v) is 23.0. The van der Waals surface area contributed by atoms with Crippen LogP contribution in [0.15, 0.2) is 42.1 Å². The molecule has 0 radical (unpaired) electrons. The van der Waals surface area contributed by atoms with Crippen molar-refractivity contribution in [2.45, 2.75) is 46.7 Å². The van der Waals surface area contributed by atoms with Gasteiger partial charge in [-0.15, -0.1) is 5.53 Å². The van der Waals surface area contributed by atoms with E-state index in [4.69, 9.17) is 11.6 Å². The van der Waals surface area contributed by atoms with Gasteiger partial charge in [-0.3, -0.25) is 9.99 Å². The highest BCUT2D eigenvalue weighted by Gasteiger charge is 2.33. The number of alkyl halides is 1. The second kappa shape index (κ2) is 11.2. The fourth-order valence-corrected chi connectivity index (χ4v) is 4.47. The molecule has 1 aromatic carbocycles. The van der Waals surface area contributed by atoms with Crippen LogP contribution in [-0.4, -0.2) is 34.2 Å². The molecule has 206 valence electrons. The van der Waals surface area contributed by atoms with Crippen LogP contribution in [0.4, 0.5) is 24.5 Å². The van der Waals surface area contributed by atoms with E-state index in [1.807, 2.05) is 0 Å². The molecule has 1 aliphatic heterocycles. The van der Waals surface area contributed by atoms with E-state index in [0.717, 1.165) is 5.01 Å². The summed E-state index contributed by atoms with van der Waals surface area (Å²) < 4.78 is 42.7. The quantitative estimate of drug-likeness (QED) is 0.196. The maximum absolute atomic E-state index is 15.5. The third-order valence-corrected chi connectivity index (χ3v) is 6.54. The zero-order chi connectivity index (χ0) is 28.5. The van der Waals surface area contributed by atoms with Crippen molar-refractivity contribution < 1.29 is 13.2 Å². The Hall–Kier alpha value is -3.75. The van der Waals surface area contributed by atoms with Crippen molar-refractivity contribution in [1.29, 1.82) is 5.26 Å². The average molecular weight is 559 g/mol. The third kappa shape index (κ3) is 5.97. The normalized spacial score (nSPS) is 15.2. The molecule has 0 amide bonds. The smallest absolute Gasteiger partial charge is 0.228 e. The van der Waals surface area contributed by atoms with Crippen molar-refractivity contribution in [1.82, 2.24) is 25.9 Å². The molecule has 0 saturated heterocycles. The third-order valence-electron chi connectivity index (χ3n) is 6.25. The Bertz CT molecular complexity index is 1460. The van der Waals surface area contributed by atoms with E-state index in [2.05, 4.69) is 58.4 Å². The van der Waals surface area contributed by atoms with Gasteiger partial charge in [0.05, 0.1) is 33.9 Å². The second-order valence-electron chi connectivity index (χ2n) is 10.6. The number of hydrazine groups is 2. The summed E-state index contributed by atoms with van der Waals surface area (Å²) in [5, 5.41) is 18.3. The average Bonchev–Trinajstić information content (AvgIpc) is 3.26. The number of aromatic nitrogens is 2. The van der Waals surface area contributed by atoms with Crippen molar-refractivity contribution in [2.24, 2.45) is 5.41 Å². The van der Waals surface area contributed by atoms with Crippen molar-refractivity contribution in [3.63, 3.8) is 0 Å². The molecule has 0 fully saturated rings. The Morgan fingerprint density at radius 2 is 1.97 bits per heavy atom. The molecule has 4 rings (SSSR count). The maximum atomic E-state index is 15.5. The number of halogens is 4. The summed E-state index contributed by atoms with van der Waals surface area (Å²) in [5.41, 5.74) is 8.12. The molecule has 3 heterocycles. The minimum atomic E-state index is -0.894. The fraction of sp³-hybridized carbons (Fsp3) is 0.370. The van der Waals surface area contributed by atoms with E-state index < -0.39 is 30.7 Å². The SMILES string of the molecule is Cc1nc(F)ccc1[C@H](Nc1cc(Cl)c2ncc(C#N)c(NCC(C)(C)C)c2c1)C1=C(F)N([C@@H](C)CF)NN1. The fourth-order valence-electron chi connectivity index (χ4n) is 4.20. The monoisotopic (exact) mass is 558 g/mol. The molecule has 2 aromatic heterocycles. The van der Waals surface area contributed by atoms with Crippen LogP contribution in [0.1, 0.15) is 50.6 Å². The highest BCUT2D eigenvalue weighted by atomic mass is 35.5. The van der Waals surface area contributed by atoms with Crippen molar-refractivity contribution >= 4 is 33.9 Å². The van der Waals surface area contributed by atoms with E-state index in [-0.39, 0.29) is 11.1 Å². The summed E-state index contributed by atoms with van der Waals surface area (Å²) >= 11 is 6.63. The van der Waals surface area contributed by atoms with Gasteiger partial charge in [0.15, 0.2) is 0 Å². The van der Waals surface area contributed by atoms with Crippen LogP contribution in [0, 0.1) is 29.6 Å². The Labute approximate surface area is 230 Å². The second-order valence-corrected chi connectivity index (χ2v) is 11.0. The van der Waals surface area contributed by atoms with E-state index in [9.17, 15) is 14.0 Å². The first-order chi connectivity index (χ1) is 18.4. The van der Waals surface area contributed by atoms with Crippen LogP contribution in [-0.2, 0) is 0 Å². The first-order valence-corrected chi connectivity index (χ1v) is 12.7. The van der Waals surface area contributed by atoms with E-state index in [0.29, 0.717) is 50.7 Å². The summed E-state index contributed by atoms with van der Waals surface area (Å²) in [6, 6.07) is 6.58. The first kappa shape index (κ1) is 28.3. The maximum Gasteiger partial charge on any atom is 0.228 e. The lowest BCUT2D eigenvalue weighted by molar-refractivity contribution is 0.130. The van der Waals surface area contributed by atoms with Crippen molar-refractivity contribution in [3.8, 4) is 6.07 Å². The molecular weight excluding hydrogens is 529 g/mol. The van der Waals surface area contributed by atoms with Crippen LogP contribution in [0.25, 0.3) is 10.9 Å². The molecule has 0 saturated carbocycles. The Morgan fingerprint density at radius 1 is 1.23 bits per heavy atom. The number of hydrogen-bond donors (Lipinski definition) is 4. The van der Waals surface area contributed by atoms with Gasteiger partial charge in [-0.25, -0.2) is 9.37 Å². The molecule has 1 aliphatic rings. The molecule has 12 heteroatoms. The molecule has 0 spiro atoms. The molecule has 0 aliphatic carbocycles. The minimum absolute atomic E-state index is 0.0537. The topological polar surface area (TPSA) is 101 Å². The first-order valence-electron chi connectivity index (χ1n) is 12.4. The number of benzene rings is 1. The van der Waals surface area contributed by atoms with E-state index in [1.54, 1.807) is 19.1 Å². The summed E-state index contributed by atoms with van der Waals surface area (Å²) in [7, 11) is 0. The number of pyridine rings is 2. The summed E-state index contributed by atoms with van der Waals surface area (Å²) in [6.45, 7) is 9.13. The molecule has 0 bridgehead atoms. The standard InChI is InChI=1S/C27H30ClF3N8/c1-14(10-29)39-26(31)25(37-38-39)24(18-6-7-21(30)35-15(18)2)36-17-8-19-22(34-13-27(3,4)5)16(11-32)12-33-23(19)20(28)9-17/h6-9,12,14,24,36-38H,10,13H2,1-5H3,(H,33,34)/t14-,24-/m0/s1. The van der Waals surface area contributed by atoms with Gasteiger partial charge in [0.25, 0.3) is 0 Å². The lowest BCUT2D eigenvalue weighted by atomic mass is 9.96. The van der Waals surface area contributed by atoms with Crippen LogP contribution < -0.4 is 21.6 Å². The van der Waals surface area contributed by atoms with Gasteiger partial charge >= 0.3 is 0 Å². The van der Waals surface area contributed by atoms with Gasteiger partial charge in [0.2, 0.25) is 11.9 Å². The largest absolute Gasteiger partial charge is 0.383 e. The van der Waals surface area contributed by atoms with Crippen molar-refractivity contribution in [3.05, 3.63) is 69.9 Å².